The predicted octanol–water partition coefficient (Wildman–Crippen LogP) is 5.12. The number of piperidine rings is 1. The van der Waals surface area contributed by atoms with E-state index in [9.17, 15) is 9.90 Å². The van der Waals surface area contributed by atoms with Crippen molar-refractivity contribution >= 4 is 24.8 Å². The van der Waals surface area contributed by atoms with E-state index in [0.29, 0.717) is 6.54 Å². The number of nitrogens with zero attached hydrogens (tertiary/aromatic N) is 1. The van der Waals surface area contributed by atoms with Gasteiger partial charge in [-0.05, 0) is 33.7 Å². The smallest absolute Gasteiger partial charge is 0.407 e. The highest BCUT2D eigenvalue weighted by Crippen LogP contribution is 2.40. The highest BCUT2D eigenvalue weighted by molar-refractivity contribution is 6.99. The van der Waals surface area contributed by atoms with Gasteiger partial charge in [-0.1, -0.05) is 102 Å². The van der Waals surface area contributed by atoms with E-state index < -0.39 is 14.4 Å². The molecule has 1 N–H and O–H groups in total. The van der Waals surface area contributed by atoms with Gasteiger partial charge in [0.25, 0.3) is 8.32 Å². The molecule has 1 aliphatic rings. The molecule has 2 aromatic rings. The SMILES string of the molecule is CC(C)(C)C1CC(O[Si](c2ccccc2)(c2ccccc2)C(C)(C)C)CCN1C(=O)O. The normalized spacial score (nSPS) is 20.5. The van der Waals surface area contributed by atoms with E-state index in [2.05, 4.69) is 102 Å². The molecule has 1 saturated heterocycles. The van der Waals surface area contributed by atoms with Crippen LogP contribution in [-0.2, 0) is 4.43 Å². The Labute approximate surface area is 188 Å². The lowest BCUT2D eigenvalue weighted by Gasteiger charge is -2.49. The van der Waals surface area contributed by atoms with Gasteiger partial charge in [0.1, 0.15) is 0 Å². The van der Waals surface area contributed by atoms with Crippen molar-refractivity contribution in [1.29, 1.82) is 0 Å². The third-order valence-corrected chi connectivity index (χ3v) is 11.7. The van der Waals surface area contributed by atoms with Crippen molar-refractivity contribution in [3.63, 3.8) is 0 Å². The number of carboxylic acid groups (broad SMARTS) is 1. The highest BCUT2D eigenvalue weighted by Gasteiger charge is 2.52. The Kier molecular flexibility index (Phi) is 6.68. The zero-order chi connectivity index (χ0) is 22.9. The summed E-state index contributed by atoms with van der Waals surface area (Å²) >= 11 is 0. The molecule has 0 radical (unpaired) electrons. The van der Waals surface area contributed by atoms with Crippen LogP contribution in [0.25, 0.3) is 0 Å². The molecule has 0 saturated carbocycles. The fourth-order valence-corrected chi connectivity index (χ4v) is 9.76. The topological polar surface area (TPSA) is 49.8 Å². The van der Waals surface area contributed by atoms with Gasteiger partial charge in [-0.25, -0.2) is 4.79 Å². The van der Waals surface area contributed by atoms with Crippen molar-refractivity contribution in [1.82, 2.24) is 4.90 Å². The molecule has 1 aliphatic heterocycles. The summed E-state index contributed by atoms with van der Waals surface area (Å²) in [4.78, 5) is 13.5. The number of hydrogen-bond donors (Lipinski definition) is 1. The lowest BCUT2D eigenvalue weighted by Crippen LogP contribution is -2.68. The predicted molar refractivity (Wildman–Crippen MR) is 130 cm³/mol. The summed E-state index contributed by atoms with van der Waals surface area (Å²) in [5.41, 5.74) is -0.147. The van der Waals surface area contributed by atoms with Crippen LogP contribution in [0.2, 0.25) is 5.04 Å². The van der Waals surface area contributed by atoms with Gasteiger partial charge in [-0.2, -0.15) is 0 Å². The Balaban J connectivity index is 2.07. The fourth-order valence-electron chi connectivity index (χ4n) is 5.03. The first-order valence-electron chi connectivity index (χ1n) is 11.3. The van der Waals surface area contributed by atoms with Gasteiger partial charge in [0.05, 0.1) is 0 Å². The van der Waals surface area contributed by atoms with Crippen LogP contribution in [-0.4, -0.2) is 43.1 Å². The Bertz CT molecular complexity index is 832. The van der Waals surface area contributed by atoms with Gasteiger partial charge in [0.15, 0.2) is 0 Å². The van der Waals surface area contributed by atoms with Crippen molar-refractivity contribution in [2.45, 2.75) is 71.6 Å². The summed E-state index contributed by atoms with van der Waals surface area (Å²) in [6.45, 7) is 13.7. The Morgan fingerprint density at radius 2 is 1.42 bits per heavy atom. The number of benzene rings is 2. The van der Waals surface area contributed by atoms with Crippen LogP contribution in [0, 0.1) is 5.41 Å². The van der Waals surface area contributed by atoms with E-state index in [1.165, 1.54) is 10.4 Å². The third-order valence-electron chi connectivity index (χ3n) is 6.56. The first kappa shape index (κ1) is 23.5. The van der Waals surface area contributed by atoms with Crippen LogP contribution in [0.15, 0.2) is 60.7 Å². The standard InChI is InChI=1S/C26H37NO3Si/c1-25(2,3)23-19-20(17-18-27(23)24(28)29)30-31(26(4,5)6,21-13-9-7-10-14-21)22-15-11-8-12-16-22/h7-16,20,23H,17-19H2,1-6H3,(H,28,29). The molecular formula is C26H37NO3Si. The van der Waals surface area contributed by atoms with Gasteiger partial charge in [0, 0.05) is 18.7 Å². The summed E-state index contributed by atoms with van der Waals surface area (Å²) in [5, 5.41) is 12.2. The van der Waals surface area contributed by atoms with Crippen LogP contribution < -0.4 is 10.4 Å². The Morgan fingerprint density at radius 3 is 1.81 bits per heavy atom. The van der Waals surface area contributed by atoms with Crippen molar-refractivity contribution in [3.05, 3.63) is 60.7 Å². The minimum absolute atomic E-state index is 0.0196. The first-order chi connectivity index (χ1) is 14.5. The van der Waals surface area contributed by atoms with E-state index in [0.717, 1.165) is 12.8 Å². The fraction of sp³-hybridized carbons (Fsp3) is 0.500. The lowest BCUT2D eigenvalue weighted by molar-refractivity contribution is 0.00976. The maximum Gasteiger partial charge on any atom is 0.407 e. The molecule has 1 amide bonds. The molecule has 1 fully saturated rings. The second-order valence-corrected chi connectivity index (χ2v) is 15.0. The Hall–Kier alpha value is -2.11. The minimum Gasteiger partial charge on any atom is -0.465 e. The second kappa shape index (κ2) is 8.79. The molecule has 0 bridgehead atoms. The quantitative estimate of drug-likeness (QED) is 0.673. The zero-order valence-corrected chi connectivity index (χ0v) is 20.8. The van der Waals surface area contributed by atoms with Crippen LogP contribution in [0.5, 0.6) is 0 Å². The van der Waals surface area contributed by atoms with Crippen LogP contribution in [0.1, 0.15) is 54.4 Å². The van der Waals surface area contributed by atoms with Crippen molar-refractivity contribution in [2.75, 3.05) is 6.54 Å². The largest absolute Gasteiger partial charge is 0.465 e. The highest BCUT2D eigenvalue weighted by atomic mass is 28.4. The average molecular weight is 440 g/mol. The molecule has 31 heavy (non-hydrogen) atoms. The molecule has 2 unspecified atom stereocenters. The number of amides is 1. The first-order valence-corrected chi connectivity index (χ1v) is 13.2. The monoisotopic (exact) mass is 439 g/mol. The molecule has 168 valence electrons. The maximum atomic E-state index is 11.9. The maximum absolute atomic E-state index is 11.9. The Morgan fingerprint density at radius 1 is 0.935 bits per heavy atom. The third kappa shape index (κ3) is 4.73. The summed E-state index contributed by atoms with van der Waals surface area (Å²) in [6, 6.07) is 21.3. The van der Waals surface area contributed by atoms with Gasteiger partial charge < -0.3 is 14.4 Å². The molecule has 0 spiro atoms. The lowest BCUT2D eigenvalue weighted by atomic mass is 9.80. The average Bonchev–Trinajstić information content (AvgIpc) is 2.71. The molecular weight excluding hydrogens is 402 g/mol. The van der Waals surface area contributed by atoms with E-state index in [1.54, 1.807) is 4.90 Å². The summed E-state index contributed by atoms with van der Waals surface area (Å²) < 4.78 is 7.29. The molecule has 0 aliphatic carbocycles. The zero-order valence-electron chi connectivity index (χ0n) is 19.8. The van der Waals surface area contributed by atoms with Crippen LogP contribution in [0.3, 0.4) is 0 Å². The number of likely N-dealkylation sites (tertiary alicyclic amines) is 1. The van der Waals surface area contributed by atoms with E-state index >= 15 is 0 Å². The van der Waals surface area contributed by atoms with Crippen molar-refractivity contribution in [3.8, 4) is 0 Å². The number of carbonyl (C=O) groups is 1. The molecule has 2 aromatic carbocycles. The minimum atomic E-state index is -2.64. The molecule has 1 heterocycles. The molecule has 0 aromatic heterocycles. The van der Waals surface area contributed by atoms with Crippen molar-refractivity contribution in [2.24, 2.45) is 5.41 Å². The molecule has 3 rings (SSSR count). The van der Waals surface area contributed by atoms with Gasteiger partial charge >= 0.3 is 6.09 Å². The molecule has 5 heteroatoms. The van der Waals surface area contributed by atoms with Gasteiger partial charge in [-0.3, -0.25) is 0 Å². The van der Waals surface area contributed by atoms with Gasteiger partial charge in [0.2, 0.25) is 0 Å². The number of rotatable bonds is 4. The van der Waals surface area contributed by atoms with Gasteiger partial charge in [-0.15, -0.1) is 0 Å². The van der Waals surface area contributed by atoms with Crippen molar-refractivity contribution < 1.29 is 14.3 Å². The van der Waals surface area contributed by atoms with Crippen LogP contribution in [0.4, 0.5) is 4.79 Å². The summed E-state index contributed by atoms with van der Waals surface area (Å²) in [7, 11) is -2.64. The van der Waals surface area contributed by atoms with E-state index in [1.807, 2.05) is 0 Å². The van der Waals surface area contributed by atoms with E-state index in [4.69, 9.17) is 4.43 Å². The summed E-state index contributed by atoms with van der Waals surface area (Å²) in [5.74, 6) is 0. The number of hydrogen-bond acceptors (Lipinski definition) is 2. The van der Waals surface area contributed by atoms with Crippen LogP contribution >= 0.6 is 0 Å². The molecule has 2 atom stereocenters. The second-order valence-electron chi connectivity index (χ2n) is 10.8. The molecule has 4 nitrogen and oxygen atoms in total. The van der Waals surface area contributed by atoms with E-state index in [-0.39, 0.29) is 22.6 Å². The summed E-state index contributed by atoms with van der Waals surface area (Å²) in [6.07, 6.45) is 0.638.